The molecule has 90 valence electrons. The number of fused-ring (bicyclic) bond motifs is 1. The van der Waals surface area contributed by atoms with E-state index in [1.54, 1.807) is 0 Å². The summed E-state index contributed by atoms with van der Waals surface area (Å²) in [6.45, 7) is 4.18. The third kappa shape index (κ3) is 2.47. The van der Waals surface area contributed by atoms with E-state index in [1.807, 2.05) is 32.0 Å². The highest BCUT2D eigenvalue weighted by Crippen LogP contribution is 2.20. The number of rotatable bonds is 3. The molecule has 0 aliphatic rings. The molecule has 1 unspecified atom stereocenters. The Morgan fingerprint density at radius 1 is 1.47 bits per heavy atom. The maximum atomic E-state index is 11.7. The van der Waals surface area contributed by atoms with Gasteiger partial charge in [-0.1, -0.05) is 6.92 Å². The Kier molecular flexibility index (Phi) is 3.15. The Bertz CT molecular complexity index is 545. The first-order valence-corrected chi connectivity index (χ1v) is 5.70. The molecule has 1 amide bonds. The first-order valence-electron chi connectivity index (χ1n) is 5.70. The van der Waals surface area contributed by atoms with Gasteiger partial charge in [-0.3, -0.25) is 4.79 Å². The minimum absolute atomic E-state index is 0.0425. The van der Waals surface area contributed by atoms with Crippen molar-refractivity contribution in [2.24, 2.45) is 11.7 Å². The van der Waals surface area contributed by atoms with Gasteiger partial charge < -0.3 is 16.0 Å². The van der Waals surface area contributed by atoms with Gasteiger partial charge in [0.2, 0.25) is 5.91 Å². The minimum Gasteiger partial charge on any atom is -0.359 e. The van der Waals surface area contributed by atoms with Gasteiger partial charge >= 0.3 is 0 Å². The molecule has 0 bridgehead atoms. The van der Waals surface area contributed by atoms with Crippen molar-refractivity contribution in [1.82, 2.24) is 4.98 Å². The molecule has 0 spiro atoms. The Morgan fingerprint density at radius 2 is 2.24 bits per heavy atom. The molecule has 2 aromatic rings. The van der Waals surface area contributed by atoms with E-state index in [2.05, 4.69) is 16.4 Å². The van der Waals surface area contributed by atoms with Crippen LogP contribution in [0.25, 0.3) is 10.9 Å². The molecule has 0 saturated heterocycles. The Balaban J connectivity index is 2.22. The summed E-state index contributed by atoms with van der Waals surface area (Å²) in [5.74, 6) is -0.210. The van der Waals surface area contributed by atoms with Crippen molar-refractivity contribution in [3.8, 4) is 0 Å². The number of aromatic amines is 1. The molecular weight excluding hydrogens is 214 g/mol. The standard InChI is InChI=1S/C13H17N3O/c1-8(7-14)13(17)16-11-3-4-12-10(6-11)5-9(2)15-12/h3-6,8,15H,7,14H2,1-2H3,(H,16,17). The van der Waals surface area contributed by atoms with E-state index >= 15 is 0 Å². The summed E-state index contributed by atoms with van der Waals surface area (Å²) < 4.78 is 0. The Labute approximate surface area is 100 Å². The molecular formula is C13H17N3O. The van der Waals surface area contributed by atoms with Crippen molar-refractivity contribution < 1.29 is 4.79 Å². The smallest absolute Gasteiger partial charge is 0.228 e. The van der Waals surface area contributed by atoms with Crippen LogP contribution in [0, 0.1) is 12.8 Å². The second-order valence-electron chi connectivity index (χ2n) is 4.38. The van der Waals surface area contributed by atoms with Crippen LogP contribution in [0.1, 0.15) is 12.6 Å². The van der Waals surface area contributed by atoms with Crippen LogP contribution in [0.4, 0.5) is 5.69 Å². The van der Waals surface area contributed by atoms with Crippen LogP contribution in [-0.2, 0) is 4.79 Å². The van der Waals surface area contributed by atoms with Gasteiger partial charge in [0, 0.05) is 34.7 Å². The van der Waals surface area contributed by atoms with Crippen LogP contribution in [0.15, 0.2) is 24.3 Å². The predicted molar refractivity (Wildman–Crippen MR) is 69.9 cm³/mol. The molecule has 1 aromatic heterocycles. The molecule has 0 radical (unpaired) electrons. The Hall–Kier alpha value is -1.81. The number of H-pyrrole nitrogens is 1. The van der Waals surface area contributed by atoms with Gasteiger partial charge in [-0.05, 0) is 31.2 Å². The third-order valence-electron chi connectivity index (χ3n) is 2.82. The molecule has 2 rings (SSSR count). The zero-order valence-electron chi connectivity index (χ0n) is 10.1. The second-order valence-corrected chi connectivity index (χ2v) is 4.38. The first kappa shape index (κ1) is 11.7. The third-order valence-corrected chi connectivity index (χ3v) is 2.82. The first-order chi connectivity index (χ1) is 8.10. The normalized spacial score (nSPS) is 12.6. The molecule has 1 atom stereocenters. The highest BCUT2D eigenvalue weighted by Gasteiger charge is 2.11. The maximum Gasteiger partial charge on any atom is 0.228 e. The van der Waals surface area contributed by atoms with Crippen LogP contribution < -0.4 is 11.1 Å². The van der Waals surface area contributed by atoms with E-state index in [0.717, 1.165) is 22.3 Å². The zero-order valence-corrected chi connectivity index (χ0v) is 10.1. The van der Waals surface area contributed by atoms with Crippen LogP contribution >= 0.6 is 0 Å². The fraction of sp³-hybridized carbons (Fsp3) is 0.308. The van der Waals surface area contributed by atoms with E-state index in [4.69, 9.17) is 5.73 Å². The zero-order chi connectivity index (χ0) is 12.4. The van der Waals surface area contributed by atoms with E-state index in [-0.39, 0.29) is 11.8 Å². The van der Waals surface area contributed by atoms with Gasteiger partial charge in [0.1, 0.15) is 0 Å². The number of nitrogens with one attached hydrogen (secondary N) is 2. The lowest BCUT2D eigenvalue weighted by atomic mass is 10.1. The van der Waals surface area contributed by atoms with E-state index in [1.165, 1.54) is 0 Å². The molecule has 1 aromatic carbocycles. The summed E-state index contributed by atoms with van der Waals surface area (Å²) in [7, 11) is 0. The number of nitrogens with two attached hydrogens (primary N) is 1. The second kappa shape index (κ2) is 4.59. The number of benzene rings is 1. The summed E-state index contributed by atoms with van der Waals surface area (Å²) in [4.78, 5) is 14.9. The molecule has 4 nitrogen and oxygen atoms in total. The lowest BCUT2D eigenvalue weighted by Gasteiger charge is -2.09. The lowest BCUT2D eigenvalue weighted by molar-refractivity contribution is -0.119. The van der Waals surface area contributed by atoms with Gasteiger partial charge in [0.05, 0.1) is 0 Å². The van der Waals surface area contributed by atoms with Crippen LogP contribution in [0.3, 0.4) is 0 Å². The molecule has 4 heteroatoms. The van der Waals surface area contributed by atoms with E-state index < -0.39 is 0 Å². The summed E-state index contributed by atoms with van der Waals surface area (Å²) in [6, 6.07) is 7.86. The van der Waals surface area contributed by atoms with Crippen molar-refractivity contribution >= 4 is 22.5 Å². The summed E-state index contributed by atoms with van der Waals surface area (Å²) in [6.07, 6.45) is 0. The topological polar surface area (TPSA) is 70.9 Å². The number of aryl methyl sites for hydroxylation is 1. The average Bonchev–Trinajstić information content (AvgIpc) is 2.67. The number of carbonyl (C=O) groups is 1. The van der Waals surface area contributed by atoms with E-state index in [9.17, 15) is 4.79 Å². The molecule has 1 heterocycles. The summed E-state index contributed by atoms with van der Waals surface area (Å²) in [5, 5.41) is 3.96. The highest BCUT2D eigenvalue weighted by molar-refractivity contribution is 5.95. The van der Waals surface area contributed by atoms with Gasteiger partial charge in [0.15, 0.2) is 0 Å². The maximum absolute atomic E-state index is 11.7. The SMILES string of the molecule is Cc1cc2cc(NC(=O)C(C)CN)ccc2[nH]1. The minimum atomic E-state index is -0.168. The van der Waals surface area contributed by atoms with Gasteiger partial charge in [-0.2, -0.15) is 0 Å². The number of anilines is 1. The van der Waals surface area contributed by atoms with Crippen molar-refractivity contribution in [3.05, 3.63) is 30.0 Å². The van der Waals surface area contributed by atoms with Gasteiger partial charge in [-0.25, -0.2) is 0 Å². The number of aromatic nitrogens is 1. The largest absolute Gasteiger partial charge is 0.359 e. The van der Waals surface area contributed by atoms with Crippen molar-refractivity contribution in [3.63, 3.8) is 0 Å². The van der Waals surface area contributed by atoms with Gasteiger partial charge in [-0.15, -0.1) is 0 Å². The van der Waals surface area contributed by atoms with Crippen molar-refractivity contribution in [2.45, 2.75) is 13.8 Å². The highest BCUT2D eigenvalue weighted by atomic mass is 16.1. The van der Waals surface area contributed by atoms with Crippen LogP contribution in [0.5, 0.6) is 0 Å². The molecule has 0 aliphatic carbocycles. The van der Waals surface area contributed by atoms with Gasteiger partial charge in [0.25, 0.3) is 0 Å². The lowest BCUT2D eigenvalue weighted by Crippen LogP contribution is -2.26. The number of hydrogen-bond donors (Lipinski definition) is 3. The fourth-order valence-corrected chi connectivity index (χ4v) is 1.73. The Morgan fingerprint density at radius 3 is 2.94 bits per heavy atom. The van der Waals surface area contributed by atoms with E-state index in [0.29, 0.717) is 6.54 Å². The number of hydrogen-bond acceptors (Lipinski definition) is 2. The average molecular weight is 231 g/mol. The molecule has 0 aliphatic heterocycles. The molecule has 0 saturated carbocycles. The monoisotopic (exact) mass is 231 g/mol. The molecule has 0 fully saturated rings. The number of carbonyl (C=O) groups excluding carboxylic acids is 1. The van der Waals surface area contributed by atoms with Crippen LogP contribution in [-0.4, -0.2) is 17.4 Å². The fourth-order valence-electron chi connectivity index (χ4n) is 1.73. The summed E-state index contributed by atoms with van der Waals surface area (Å²) >= 11 is 0. The molecule has 4 N–H and O–H groups in total. The van der Waals surface area contributed by atoms with Crippen molar-refractivity contribution in [1.29, 1.82) is 0 Å². The van der Waals surface area contributed by atoms with Crippen molar-refractivity contribution in [2.75, 3.05) is 11.9 Å². The quantitative estimate of drug-likeness (QED) is 0.756. The molecule has 17 heavy (non-hydrogen) atoms. The summed E-state index contributed by atoms with van der Waals surface area (Å²) in [5.41, 5.74) is 8.45. The van der Waals surface area contributed by atoms with Crippen LogP contribution in [0.2, 0.25) is 0 Å². The predicted octanol–water partition coefficient (Wildman–Crippen LogP) is 2.01. The number of amides is 1.